The van der Waals surface area contributed by atoms with E-state index in [1.165, 1.54) is 33.2 Å². The van der Waals surface area contributed by atoms with Crippen molar-refractivity contribution in [3.8, 4) is 0 Å². The molecule has 1 aliphatic heterocycles. The highest BCUT2D eigenvalue weighted by Gasteiger charge is 2.22. The minimum Gasteiger partial charge on any atom is -0.364 e. The molecule has 0 radical (unpaired) electrons. The zero-order valence-electron chi connectivity index (χ0n) is 13.0. The van der Waals surface area contributed by atoms with Gasteiger partial charge in [0.15, 0.2) is 0 Å². The molecule has 1 atom stereocenters. The van der Waals surface area contributed by atoms with Gasteiger partial charge in [-0.05, 0) is 34.9 Å². The molecule has 1 aliphatic rings. The van der Waals surface area contributed by atoms with Crippen molar-refractivity contribution < 1.29 is 0 Å². The summed E-state index contributed by atoms with van der Waals surface area (Å²) in [5, 5.41) is 2.62. The topological polar surface area (TPSA) is 3.24 Å². The Kier molecular flexibility index (Phi) is 3.00. The first-order valence-electron chi connectivity index (χ1n) is 7.74. The Morgan fingerprint density at radius 1 is 0.864 bits per heavy atom. The molecule has 0 aromatic heterocycles. The lowest BCUT2D eigenvalue weighted by Crippen LogP contribution is -2.26. The molecule has 108 valence electrons. The second-order valence-electron chi connectivity index (χ2n) is 5.99. The van der Waals surface area contributed by atoms with Crippen LogP contribution in [0.4, 0.5) is 5.69 Å². The lowest BCUT2D eigenvalue weighted by atomic mass is 9.92. The first-order valence-corrected chi connectivity index (χ1v) is 7.74. The van der Waals surface area contributed by atoms with E-state index in [9.17, 15) is 0 Å². The van der Waals surface area contributed by atoms with Gasteiger partial charge in [-0.15, -0.1) is 0 Å². The van der Waals surface area contributed by atoms with Crippen molar-refractivity contribution >= 4 is 22.5 Å². The Hall–Kier alpha value is -2.54. The number of aryl methyl sites for hydroxylation is 1. The maximum Gasteiger partial charge on any atom is 0.0729 e. The lowest BCUT2D eigenvalue weighted by molar-refractivity contribution is 0.799. The SMILES string of the molecule is Cc1ccccc1C1C=Cc2c(ccc3ccccc23)N1C. The van der Waals surface area contributed by atoms with Gasteiger partial charge in [-0.2, -0.15) is 0 Å². The van der Waals surface area contributed by atoms with Gasteiger partial charge in [-0.3, -0.25) is 0 Å². The van der Waals surface area contributed by atoms with Gasteiger partial charge in [0, 0.05) is 18.3 Å². The van der Waals surface area contributed by atoms with Gasteiger partial charge in [0.1, 0.15) is 0 Å². The van der Waals surface area contributed by atoms with Crippen LogP contribution in [-0.4, -0.2) is 7.05 Å². The number of likely N-dealkylation sites (N-methyl/N-ethyl adjacent to an activating group) is 1. The molecule has 0 spiro atoms. The molecule has 1 heteroatoms. The molecule has 1 unspecified atom stereocenters. The third-order valence-electron chi connectivity index (χ3n) is 4.70. The van der Waals surface area contributed by atoms with Gasteiger partial charge >= 0.3 is 0 Å². The largest absolute Gasteiger partial charge is 0.364 e. The van der Waals surface area contributed by atoms with E-state index < -0.39 is 0 Å². The molecule has 1 heterocycles. The molecule has 0 aliphatic carbocycles. The van der Waals surface area contributed by atoms with E-state index in [0.717, 1.165) is 0 Å². The van der Waals surface area contributed by atoms with Gasteiger partial charge in [-0.1, -0.05) is 66.7 Å². The van der Waals surface area contributed by atoms with Gasteiger partial charge in [0.25, 0.3) is 0 Å². The number of nitrogens with zero attached hydrogens (tertiary/aromatic N) is 1. The predicted molar refractivity (Wildman–Crippen MR) is 95.3 cm³/mol. The van der Waals surface area contributed by atoms with E-state index in [0.29, 0.717) is 6.04 Å². The highest BCUT2D eigenvalue weighted by molar-refractivity contribution is 5.97. The molecule has 3 aromatic carbocycles. The molecule has 0 bridgehead atoms. The van der Waals surface area contributed by atoms with Crippen molar-refractivity contribution in [2.75, 3.05) is 11.9 Å². The van der Waals surface area contributed by atoms with Gasteiger partial charge < -0.3 is 4.90 Å². The summed E-state index contributed by atoms with van der Waals surface area (Å²) in [5.41, 5.74) is 5.34. The lowest BCUT2D eigenvalue weighted by Gasteiger charge is -2.34. The van der Waals surface area contributed by atoms with Crippen LogP contribution in [0, 0.1) is 6.92 Å². The Morgan fingerprint density at radius 3 is 2.50 bits per heavy atom. The van der Waals surface area contributed by atoms with Crippen molar-refractivity contribution in [1.82, 2.24) is 0 Å². The Labute approximate surface area is 131 Å². The molecule has 3 aromatic rings. The molecule has 0 amide bonds. The second kappa shape index (κ2) is 5.03. The van der Waals surface area contributed by atoms with E-state index in [4.69, 9.17) is 0 Å². The van der Waals surface area contributed by atoms with Crippen LogP contribution in [0.5, 0.6) is 0 Å². The fourth-order valence-corrected chi connectivity index (χ4v) is 3.46. The number of rotatable bonds is 1. The number of fused-ring (bicyclic) bond motifs is 3. The van der Waals surface area contributed by atoms with E-state index in [2.05, 4.69) is 91.7 Å². The molecule has 0 fully saturated rings. The van der Waals surface area contributed by atoms with Crippen molar-refractivity contribution in [3.05, 3.63) is 83.4 Å². The van der Waals surface area contributed by atoms with Gasteiger partial charge in [-0.25, -0.2) is 0 Å². The van der Waals surface area contributed by atoms with Crippen LogP contribution < -0.4 is 4.90 Å². The van der Waals surface area contributed by atoms with Crippen LogP contribution in [0.1, 0.15) is 22.7 Å². The molecule has 0 saturated carbocycles. The van der Waals surface area contributed by atoms with Crippen molar-refractivity contribution in [2.24, 2.45) is 0 Å². The second-order valence-corrected chi connectivity index (χ2v) is 5.99. The standard InChI is InChI=1S/C21H19N/c1-15-7-3-5-9-17(15)20-14-12-19-18-10-6-4-8-16(18)11-13-21(19)22(20)2/h3-14,20H,1-2H3. The molecule has 4 rings (SSSR count). The first kappa shape index (κ1) is 13.1. The van der Waals surface area contributed by atoms with E-state index in [-0.39, 0.29) is 0 Å². The fraction of sp³-hybridized carbons (Fsp3) is 0.143. The highest BCUT2D eigenvalue weighted by atomic mass is 15.1. The quantitative estimate of drug-likeness (QED) is 0.582. The molecule has 0 N–H and O–H groups in total. The Morgan fingerprint density at radius 2 is 1.64 bits per heavy atom. The van der Waals surface area contributed by atoms with Gasteiger partial charge in [0.05, 0.1) is 6.04 Å². The number of benzene rings is 3. The fourth-order valence-electron chi connectivity index (χ4n) is 3.46. The highest BCUT2D eigenvalue weighted by Crippen LogP contribution is 2.39. The zero-order valence-corrected chi connectivity index (χ0v) is 13.0. The zero-order chi connectivity index (χ0) is 15.1. The van der Waals surface area contributed by atoms with E-state index in [1.807, 2.05) is 0 Å². The van der Waals surface area contributed by atoms with Crippen LogP contribution in [0.2, 0.25) is 0 Å². The van der Waals surface area contributed by atoms with Crippen molar-refractivity contribution in [3.63, 3.8) is 0 Å². The molecule has 22 heavy (non-hydrogen) atoms. The van der Waals surface area contributed by atoms with Crippen molar-refractivity contribution in [2.45, 2.75) is 13.0 Å². The predicted octanol–water partition coefficient (Wildman–Crippen LogP) is 5.35. The first-order chi connectivity index (χ1) is 10.8. The van der Waals surface area contributed by atoms with Crippen LogP contribution in [-0.2, 0) is 0 Å². The summed E-state index contributed by atoms with van der Waals surface area (Å²) in [5.74, 6) is 0. The summed E-state index contributed by atoms with van der Waals surface area (Å²) in [6.07, 6.45) is 4.60. The number of anilines is 1. The average molecular weight is 285 g/mol. The summed E-state index contributed by atoms with van der Waals surface area (Å²) in [4.78, 5) is 2.38. The van der Waals surface area contributed by atoms with Crippen LogP contribution in [0.3, 0.4) is 0 Å². The summed E-state index contributed by atoms with van der Waals surface area (Å²) in [6, 6.07) is 22.0. The summed E-state index contributed by atoms with van der Waals surface area (Å²) >= 11 is 0. The Bertz CT molecular complexity index is 876. The van der Waals surface area contributed by atoms with Crippen LogP contribution in [0.25, 0.3) is 16.8 Å². The minimum atomic E-state index is 0.301. The van der Waals surface area contributed by atoms with Gasteiger partial charge in [0.2, 0.25) is 0 Å². The summed E-state index contributed by atoms with van der Waals surface area (Å²) in [7, 11) is 2.19. The van der Waals surface area contributed by atoms with Crippen LogP contribution >= 0.6 is 0 Å². The summed E-state index contributed by atoms with van der Waals surface area (Å²) in [6.45, 7) is 2.19. The van der Waals surface area contributed by atoms with E-state index >= 15 is 0 Å². The third kappa shape index (κ3) is 1.93. The number of hydrogen-bond donors (Lipinski definition) is 0. The maximum absolute atomic E-state index is 2.38. The average Bonchev–Trinajstić information content (AvgIpc) is 2.56. The van der Waals surface area contributed by atoms with Crippen molar-refractivity contribution in [1.29, 1.82) is 0 Å². The number of hydrogen-bond acceptors (Lipinski definition) is 1. The monoisotopic (exact) mass is 285 g/mol. The molecular formula is C21H19N. The smallest absolute Gasteiger partial charge is 0.0729 e. The van der Waals surface area contributed by atoms with E-state index in [1.54, 1.807) is 0 Å². The minimum absolute atomic E-state index is 0.301. The molecule has 0 saturated heterocycles. The normalized spacial score (nSPS) is 16.8. The molecule has 1 nitrogen and oxygen atoms in total. The third-order valence-corrected chi connectivity index (χ3v) is 4.70. The summed E-state index contributed by atoms with van der Waals surface area (Å²) < 4.78 is 0. The van der Waals surface area contributed by atoms with Crippen LogP contribution in [0.15, 0.2) is 66.7 Å². The maximum atomic E-state index is 2.38. The molecular weight excluding hydrogens is 266 g/mol. The Balaban J connectivity index is 1.87.